The van der Waals surface area contributed by atoms with Gasteiger partial charge in [-0.1, -0.05) is 6.07 Å². The number of nitrogens with zero attached hydrogens (tertiary/aromatic N) is 1. The van der Waals surface area contributed by atoms with Gasteiger partial charge in [0.15, 0.2) is 0 Å². The second kappa shape index (κ2) is 5.16. The van der Waals surface area contributed by atoms with E-state index in [2.05, 4.69) is 5.32 Å². The van der Waals surface area contributed by atoms with Gasteiger partial charge in [-0.15, -0.1) is 0 Å². The Morgan fingerprint density at radius 1 is 1.22 bits per heavy atom. The van der Waals surface area contributed by atoms with Gasteiger partial charge < -0.3 is 10.4 Å². The number of benzene rings is 1. The minimum absolute atomic E-state index is 0.0353. The molecule has 0 unspecified atom stereocenters. The summed E-state index contributed by atoms with van der Waals surface area (Å²) >= 11 is 0. The van der Waals surface area contributed by atoms with Crippen molar-refractivity contribution in [1.29, 1.82) is 0 Å². The standard InChI is InChI=1S/C12H15F3N2O/c13-12(14,15)10-2-1-3-11(18)9(10)8-17-6-4-16-5-7-17/h1-3,16,18H,4-8H2. The normalized spacial score (nSPS) is 17.9. The summed E-state index contributed by atoms with van der Waals surface area (Å²) in [6.07, 6.45) is -4.43. The number of phenolic OH excluding ortho intramolecular Hbond substituents is 1. The van der Waals surface area contributed by atoms with Crippen LogP contribution in [0.15, 0.2) is 18.2 Å². The highest BCUT2D eigenvalue weighted by atomic mass is 19.4. The number of nitrogens with one attached hydrogen (secondary N) is 1. The number of piperazine rings is 1. The lowest BCUT2D eigenvalue weighted by molar-refractivity contribution is -0.138. The summed E-state index contributed by atoms with van der Waals surface area (Å²) in [5.74, 6) is -0.289. The number of alkyl halides is 3. The second-order valence-electron chi connectivity index (χ2n) is 4.33. The zero-order valence-corrected chi connectivity index (χ0v) is 9.80. The molecular weight excluding hydrogens is 245 g/mol. The van der Waals surface area contributed by atoms with E-state index >= 15 is 0 Å². The Morgan fingerprint density at radius 3 is 2.50 bits per heavy atom. The van der Waals surface area contributed by atoms with Crippen LogP contribution in [-0.2, 0) is 12.7 Å². The molecule has 0 atom stereocenters. The Kier molecular flexibility index (Phi) is 3.77. The van der Waals surface area contributed by atoms with Crippen molar-refractivity contribution >= 4 is 0 Å². The lowest BCUT2D eigenvalue weighted by Crippen LogP contribution is -2.43. The fraction of sp³-hybridized carbons (Fsp3) is 0.500. The third-order valence-electron chi connectivity index (χ3n) is 3.05. The van der Waals surface area contributed by atoms with Crippen molar-refractivity contribution in [3.8, 4) is 5.75 Å². The molecule has 1 aromatic rings. The average Bonchev–Trinajstić information content (AvgIpc) is 2.32. The summed E-state index contributed by atoms with van der Waals surface area (Å²) in [5.41, 5.74) is -0.784. The van der Waals surface area contributed by atoms with Crippen molar-refractivity contribution in [2.45, 2.75) is 12.7 Å². The molecule has 1 aliphatic heterocycles. The van der Waals surface area contributed by atoms with Crippen LogP contribution in [0.3, 0.4) is 0 Å². The molecule has 0 bridgehead atoms. The molecular formula is C12H15F3N2O. The number of rotatable bonds is 2. The molecule has 1 aliphatic rings. The van der Waals surface area contributed by atoms with Gasteiger partial charge in [-0.05, 0) is 12.1 Å². The predicted molar refractivity (Wildman–Crippen MR) is 61.3 cm³/mol. The first kappa shape index (κ1) is 13.2. The molecule has 0 spiro atoms. The monoisotopic (exact) mass is 260 g/mol. The Morgan fingerprint density at radius 2 is 1.89 bits per heavy atom. The first-order valence-corrected chi connectivity index (χ1v) is 5.79. The Balaban J connectivity index is 2.25. The summed E-state index contributed by atoms with van der Waals surface area (Å²) in [4.78, 5) is 1.90. The molecule has 0 radical (unpaired) electrons. The number of halogens is 3. The predicted octanol–water partition coefficient (Wildman–Crippen LogP) is 1.82. The number of hydrogen-bond acceptors (Lipinski definition) is 3. The molecule has 1 heterocycles. The van der Waals surface area contributed by atoms with E-state index in [9.17, 15) is 18.3 Å². The summed E-state index contributed by atoms with van der Waals surface area (Å²) in [7, 11) is 0. The summed E-state index contributed by atoms with van der Waals surface area (Å²) in [6.45, 7) is 3.02. The third kappa shape index (κ3) is 2.94. The van der Waals surface area contributed by atoms with Crippen LogP contribution in [0.5, 0.6) is 5.75 Å². The topological polar surface area (TPSA) is 35.5 Å². The van der Waals surface area contributed by atoms with E-state index in [0.717, 1.165) is 19.2 Å². The van der Waals surface area contributed by atoms with Gasteiger partial charge in [-0.25, -0.2) is 0 Å². The maximum absolute atomic E-state index is 12.8. The molecule has 2 rings (SSSR count). The van der Waals surface area contributed by atoms with E-state index in [1.807, 2.05) is 4.90 Å². The highest BCUT2D eigenvalue weighted by Crippen LogP contribution is 2.36. The van der Waals surface area contributed by atoms with E-state index in [1.165, 1.54) is 12.1 Å². The van der Waals surface area contributed by atoms with Crippen molar-refractivity contribution in [1.82, 2.24) is 10.2 Å². The molecule has 0 aromatic heterocycles. The fourth-order valence-corrected chi connectivity index (χ4v) is 2.10. The Labute approximate surface area is 103 Å². The van der Waals surface area contributed by atoms with Crippen LogP contribution in [0.2, 0.25) is 0 Å². The minimum Gasteiger partial charge on any atom is -0.508 e. The zero-order chi connectivity index (χ0) is 13.2. The van der Waals surface area contributed by atoms with Crippen LogP contribution < -0.4 is 5.32 Å². The first-order valence-electron chi connectivity index (χ1n) is 5.79. The van der Waals surface area contributed by atoms with Gasteiger partial charge in [0.05, 0.1) is 5.56 Å². The summed E-state index contributed by atoms with van der Waals surface area (Å²) in [5, 5.41) is 12.8. The second-order valence-corrected chi connectivity index (χ2v) is 4.33. The molecule has 2 N–H and O–H groups in total. The van der Waals surface area contributed by atoms with Crippen molar-refractivity contribution in [3.63, 3.8) is 0 Å². The van der Waals surface area contributed by atoms with Crippen molar-refractivity contribution in [2.24, 2.45) is 0 Å². The smallest absolute Gasteiger partial charge is 0.416 e. The Hall–Kier alpha value is -1.27. The number of hydrogen-bond donors (Lipinski definition) is 2. The zero-order valence-electron chi connectivity index (χ0n) is 9.80. The maximum atomic E-state index is 12.8. The molecule has 6 heteroatoms. The van der Waals surface area contributed by atoms with Gasteiger partial charge in [0.1, 0.15) is 5.75 Å². The molecule has 0 amide bonds. The van der Waals surface area contributed by atoms with Gasteiger partial charge >= 0.3 is 6.18 Å². The molecule has 1 fully saturated rings. The van der Waals surface area contributed by atoms with Crippen LogP contribution in [-0.4, -0.2) is 36.2 Å². The fourth-order valence-electron chi connectivity index (χ4n) is 2.10. The minimum atomic E-state index is -4.43. The average molecular weight is 260 g/mol. The summed E-state index contributed by atoms with van der Waals surface area (Å²) < 4.78 is 38.5. The third-order valence-corrected chi connectivity index (χ3v) is 3.05. The SMILES string of the molecule is Oc1cccc(C(F)(F)F)c1CN1CCNCC1. The molecule has 0 saturated carbocycles. The van der Waals surface area contributed by atoms with Crippen molar-refractivity contribution in [2.75, 3.05) is 26.2 Å². The molecule has 1 saturated heterocycles. The van der Waals surface area contributed by atoms with Crippen LogP contribution in [0.25, 0.3) is 0 Å². The van der Waals surface area contributed by atoms with Gasteiger partial charge in [-0.2, -0.15) is 13.2 Å². The molecule has 18 heavy (non-hydrogen) atoms. The van der Waals surface area contributed by atoms with Gasteiger partial charge in [0, 0.05) is 38.3 Å². The van der Waals surface area contributed by atoms with E-state index in [4.69, 9.17) is 0 Å². The van der Waals surface area contributed by atoms with E-state index in [0.29, 0.717) is 13.1 Å². The van der Waals surface area contributed by atoms with Gasteiger partial charge in [0.25, 0.3) is 0 Å². The molecule has 3 nitrogen and oxygen atoms in total. The van der Waals surface area contributed by atoms with Crippen molar-refractivity contribution < 1.29 is 18.3 Å². The van der Waals surface area contributed by atoms with Crippen LogP contribution in [0.1, 0.15) is 11.1 Å². The molecule has 0 aliphatic carbocycles. The van der Waals surface area contributed by atoms with Crippen LogP contribution >= 0.6 is 0 Å². The highest BCUT2D eigenvalue weighted by Gasteiger charge is 2.34. The summed E-state index contributed by atoms with van der Waals surface area (Å²) in [6, 6.07) is 3.53. The largest absolute Gasteiger partial charge is 0.508 e. The molecule has 100 valence electrons. The van der Waals surface area contributed by atoms with Crippen LogP contribution in [0, 0.1) is 0 Å². The van der Waals surface area contributed by atoms with E-state index in [1.54, 1.807) is 0 Å². The highest BCUT2D eigenvalue weighted by molar-refractivity contribution is 5.40. The van der Waals surface area contributed by atoms with Crippen LogP contribution in [0.4, 0.5) is 13.2 Å². The Bertz CT molecular complexity index is 414. The lowest BCUT2D eigenvalue weighted by Gasteiger charge is -2.28. The quantitative estimate of drug-likeness (QED) is 0.851. The number of phenols is 1. The maximum Gasteiger partial charge on any atom is 0.416 e. The molecule has 1 aromatic carbocycles. The van der Waals surface area contributed by atoms with E-state index in [-0.39, 0.29) is 17.9 Å². The lowest BCUT2D eigenvalue weighted by atomic mass is 10.0. The van der Waals surface area contributed by atoms with E-state index < -0.39 is 11.7 Å². The van der Waals surface area contributed by atoms with Crippen molar-refractivity contribution in [3.05, 3.63) is 29.3 Å². The van der Waals surface area contributed by atoms with Gasteiger partial charge in [-0.3, -0.25) is 4.90 Å². The van der Waals surface area contributed by atoms with Gasteiger partial charge in [0.2, 0.25) is 0 Å². The first-order chi connectivity index (χ1) is 8.48. The number of aromatic hydroxyl groups is 1.